The van der Waals surface area contributed by atoms with Gasteiger partial charge in [-0.25, -0.2) is 8.42 Å². The third kappa shape index (κ3) is 4.06. The van der Waals surface area contributed by atoms with Gasteiger partial charge in [0.05, 0.1) is 4.90 Å². The number of piperidine rings is 1. The first-order valence-electron chi connectivity index (χ1n) is 7.42. The number of halogens is 1. The molecule has 0 aromatic heterocycles. The van der Waals surface area contributed by atoms with E-state index in [9.17, 15) is 8.42 Å². The van der Waals surface area contributed by atoms with Crippen molar-refractivity contribution in [3.8, 4) is 0 Å². The van der Waals surface area contributed by atoms with Crippen LogP contribution in [-0.2, 0) is 10.0 Å². The highest BCUT2D eigenvalue weighted by molar-refractivity contribution is 9.10. The van der Waals surface area contributed by atoms with Crippen molar-refractivity contribution >= 4 is 26.0 Å². The Morgan fingerprint density at radius 3 is 2.57 bits per heavy atom. The van der Waals surface area contributed by atoms with Crippen molar-refractivity contribution in [3.63, 3.8) is 0 Å². The van der Waals surface area contributed by atoms with Crippen LogP contribution in [-0.4, -0.2) is 38.9 Å². The molecule has 118 valence electrons. The lowest BCUT2D eigenvalue weighted by Gasteiger charge is -2.31. The van der Waals surface area contributed by atoms with Crippen molar-refractivity contribution in [2.75, 3.05) is 26.2 Å². The van der Waals surface area contributed by atoms with Crippen molar-refractivity contribution in [3.05, 3.63) is 28.2 Å². The summed E-state index contributed by atoms with van der Waals surface area (Å²) in [5.74, 6) is 0.586. The smallest absolute Gasteiger partial charge is 0.243 e. The number of hydrogen-bond acceptors (Lipinski definition) is 3. The van der Waals surface area contributed by atoms with Gasteiger partial charge in [0.15, 0.2) is 0 Å². The molecule has 1 heterocycles. The standard InChI is InChI=1S/C15H23BrN2O2S/c1-3-17-11-13-6-8-18(9-7-13)21(19,20)14-4-5-15(16)12(2)10-14/h4-5,10,13,17H,3,6-9,11H2,1-2H3. The van der Waals surface area contributed by atoms with E-state index >= 15 is 0 Å². The summed E-state index contributed by atoms with van der Waals surface area (Å²) in [7, 11) is -3.35. The molecule has 1 aromatic carbocycles. The molecular formula is C15H23BrN2O2S. The predicted molar refractivity (Wildman–Crippen MR) is 88.9 cm³/mol. The predicted octanol–water partition coefficient (Wildman–Crippen LogP) is 2.77. The molecular weight excluding hydrogens is 352 g/mol. The Hall–Kier alpha value is -0.430. The van der Waals surface area contributed by atoms with Crippen LogP contribution in [0.2, 0.25) is 0 Å². The third-order valence-electron chi connectivity index (χ3n) is 4.02. The summed E-state index contributed by atoms with van der Waals surface area (Å²) in [6.45, 7) is 7.20. The fraction of sp³-hybridized carbons (Fsp3) is 0.600. The fourth-order valence-corrected chi connectivity index (χ4v) is 4.43. The molecule has 0 bridgehead atoms. The number of nitrogens with one attached hydrogen (secondary N) is 1. The monoisotopic (exact) mass is 374 g/mol. The third-order valence-corrected chi connectivity index (χ3v) is 6.81. The summed E-state index contributed by atoms with van der Waals surface area (Å²) in [5, 5.41) is 3.34. The van der Waals surface area contributed by atoms with Gasteiger partial charge in [-0.1, -0.05) is 22.9 Å². The number of rotatable bonds is 5. The molecule has 6 heteroatoms. The van der Waals surface area contributed by atoms with E-state index < -0.39 is 10.0 Å². The summed E-state index contributed by atoms with van der Waals surface area (Å²) in [6.07, 6.45) is 1.86. The highest BCUT2D eigenvalue weighted by Crippen LogP contribution is 2.26. The van der Waals surface area contributed by atoms with Gasteiger partial charge in [0.25, 0.3) is 0 Å². The minimum absolute atomic E-state index is 0.397. The van der Waals surface area contributed by atoms with Crippen LogP contribution in [0.3, 0.4) is 0 Å². The summed E-state index contributed by atoms with van der Waals surface area (Å²) < 4.78 is 27.9. The second kappa shape index (κ2) is 7.22. The highest BCUT2D eigenvalue weighted by atomic mass is 79.9. The first kappa shape index (κ1) is 16.9. The molecule has 1 aliphatic heterocycles. The van der Waals surface area contributed by atoms with E-state index in [1.165, 1.54) is 0 Å². The van der Waals surface area contributed by atoms with Gasteiger partial charge in [-0.05, 0) is 62.5 Å². The lowest BCUT2D eigenvalue weighted by molar-refractivity contribution is 0.268. The van der Waals surface area contributed by atoms with Crippen LogP contribution in [0.1, 0.15) is 25.3 Å². The molecule has 2 rings (SSSR count). The molecule has 0 aliphatic carbocycles. The molecule has 0 radical (unpaired) electrons. The van der Waals surface area contributed by atoms with Gasteiger partial charge in [-0.15, -0.1) is 0 Å². The van der Waals surface area contributed by atoms with Crippen molar-refractivity contribution in [1.82, 2.24) is 9.62 Å². The largest absolute Gasteiger partial charge is 0.317 e. The van der Waals surface area contributed by atoms with E-state index in [2.05, 4.69) is 28.2 Å². The molecule has 0 atom stereocenters. The van der Waals surface area contributed by atoms with Crippen LogP contribution in [0.5, 0.6) is 0 Å². The second-order valence-electron chi connectivity index (χ2n) is 5.57. The van der Waals surface area contributed by atoms with Crippen molar-refractivity contribution in [1.29, 1.82) is 0 Å². The minimum atomic E-state index is -3.35. The topological polar surface area (TPSA) is 49.4 Å². The molecule has 0 amide bonds. The molecule has 21 heavy (non-hydrogen) atoms. The Morgan fingerprint density at radius 1 is 1.33 bits per heavy atom. The quantitative estimate of drug-likeness (QED) is 0.861. The van der Waals surface area contributed by atoms with E-state index in [4.69, 9.17) is 0 Å². The van der Waals surface area contributed by atoms with Crippen LogP contribution in [0.25, 0.3) is 0 Å². The van der Waals surface area contributed by atoms with E-state index in [1.807, 2.05) is 6.92 Å². The van der Waals surface area contributed by atoms with Crippen LogP contribution >= 0.6 is 15.9 Å². The summed E-state index contributed by atoms with van der Waals surface area (Å²) >= 11 is 3.41. The maximum atomic E-state index is 12.7. The van der Waals surface area contributed by atoms with Crippen LogP contribution in [0, 0.1) is 12.8 Å². The zero-order valence-electron chi connectivity index (χ0n) is 12.6. The van der Waals surface area contributed by atoms with Crippen LogP contribution in [0.4, 0.5) is 0 Å². The highest BCUT2D eigenvalue weighted by Gasteiger charge is 2.29. The van der Waals surface area contributed by atoms with Gasteiger partial charge in [0.2, 0.25) is 10.0 Å². The normalized spacial score (nSPS) is 18.0. The van der Waals surface area contributed by atoms with Gasteiger partial charge in [-0.3, -0.25) is 0 Å². The van der Waals surface area contributed by atoms with E-state index in [0.29, 0.717) is 23.9 Å². The van der Waals surface area contributed by atoms with E-state index in [0.717, 1.165) is 36.0 Å². The van der Waals surface area contributed by atoms with Crippen molar-refractivity contribution < 1.29 is 8.42 Å². The molecule has 0 spiro atoms. The lowest BCUT2D eigenvalue weighted by Crippen LogP contribution is -2.40. The average Bonchev–Trinajstić information content (AvgIpc) is 2.48. The Morgan fingerprint density at radius 2 is 2.00 bits per heavy atom. The Bertz CT molecular complexity index is 581. The lowest BCUT2D eigenvalue weighted by atomic mass is 9.98. The summed E-state index contributed by atoms with van der Waals surface area (Å²) in [4.78, 5) is 0.397. The van der Waals surface area contributed by atoms with Crippen molar-refractivity contribution in [2.45, 2.75) is 31.6 Å². The molecule has 0 saturated carbocycles. The maximum Gasteiger partial charge on any atom is 0.243 e. The zero-order chi connectivity index (χ0) is 15.5. The number of sulfonamides is 1. The number of aryl methyl sites for hydroxylation is 1. The Balaban J connectivity index is 2.06. The minimum Gasteiger partial charge on any atom is -0.317 e. The molecule has 1 aliphatic rings. The molecule has 0 unspecified atom stereocenters. The van der Waals surface area contributed by atoms with Gasteiger partial charge in [-0.2, -0.15) is 4.31 Å². The number of hydrogen-bond donors (Lipinski definition) is 1. The van der Waals surface area contributed by atoms with Gasteiger partial charge < -0.3 is 5.32 Å². The fourth-order valence-electron chi connectivity index (χ4n) is 2.63. The average molecular weight is 375 g/mol. The summed E-state index contributed by atoms with van der Waals surface area (Å²) in [6, 6.07) is 5.22. The Kier molecular flexibility index (Phi) is 5.82. The van der Waals surface area contributed by atoms with Crippen LogP contribution in [0.15, 0.2) is 27.6 Å². The number of benzene rings is 1. The van der Waals surface area contributed by atoms with Gasteiger partial charge >= 0.3 is 0 Å². The Labute approximate surface area is 136 Å². The van der Waals surface area contributed by atoms with E-state index in [1.54, 1.807) is 22.5 Å². The maximum absolute atomic E-state index is 12.7. The van der Waals surface area contributed by atoms with E-state index in [-0.39, 0.29) is 0 Å². The molecule has 1 saturated heterocycles. The molecule has 4 nitrogen and oxygen atoms in total. The van der Waals surface area contributed by atoms with Crippen molar-refractivity contribution in [2.24, 2.45) is 5.92 Å². The van der Waals surface area contributed by atoms with Crippen LogP contribution < -0.4 is 5.32 Å². The first-order valence-corrected chi connectivity index (χ1v) is 9.65. The number of nitrogens with zero attached hydrogens (tertiary/aromatic N) is 1. The summed E-state index contributed by atoms with van der Waals surface area (Å²) in [5.41, 5.74) is 0.943. The molecule has 1 N–H and O–H groups in total. The SMILES string of the molecule is CCNCC1CCN(S(=O)(=O)c2ccc(Br)c(C)c2)CC1. The first-order chi connectivity index (χ1) is 9.95. The molecule has 1 aromatic rings. The van der Waals surface area contributed by atoms with Gasteiger partial charge in [0.1, 0.15) is 0 Å². The zero-order valence-corrected chi connectivity index (χ0v) is 15.0. The molecule has 1 fully saturated rings. The second-order valence-corrected chi connectivity index (χ2v) is 8.36. The van der Waals surface area contributed by atoms with Gasteiger partial charge in [0, 0.05) is 17.6 Å².